The van der Waals surface area contributed by atoms with E-state index in [0.717, 1.165) is 60.3 Å². The minimum atomic E-state index is 0.0945. The number of Topliss-reactive ketones (excluding diaryl/α,β-unsaturated/α-hetero) is 1. The number of anilines is 2. The van der Waals surface area contributed by atoms with Crippen LogP contribution in [0.1, 0.15) is 21.7 Å². The van der Waals surface area contributed by atoms with Gasteiger partial charge in [-0.15, -0.1) is 0 Å². The molecule has 5 nitrogen and oxygen atoms in total. The summed E-state index contributed by atoms with van der Waals surface area (Å²) in [5.41, 5.74) is 5.99. The molecule has 2 aromatic carbocycles. The fourth-order valence-corrected chi connectivity index (χ4v) is 3.99. The van der Waals surface area contributed by atoms with Gasteiger partial charge in [-0.2, -0.15) is 0 Å². The van der Waals surface area contributed by atoms with Crippen molar-refractivity contribution in [2.75, 3.05) is 43.1 Å². The van der Waals surface area contributed by atoms with Crippen molar-refractivity contribution in [2.24, 2.45) is 0 Å². The van der Waals surface area contributed by atoms with E-state index in [2.05, 4.69) is 33.0 Å². The van der Waals surface area contributed by atoms with Gasteiger partial charge in [0.05, 0.1) is 31.1 Å². The summed E-state index contributed by atoms with van der Waals surface area (Å²) in [5, 5.41) is 3.36. The summed E-state index contributed by atoms with van der Waals surface area (Å²) < 4.78 is 7.60. The second-order valence-electron chi connectivity index (χ2n) is 7.35. The van der Waals surface area contributed by atoms with Gasteiger partial charge >= 0.3 is 0 Å². The third kappa shape index (κ3) is 4.05. The Kier molecular flexibility index (Phi) is 5.67. The van der Waals surface area contributed by atoms with Gasteiger partial charge in [0.15, 0.2) is 5.78 Å². The summed E-state index contributed by atoms with van der Waals surface area (Å²) in [4.78, 5) is 15.3. The van der Waals surface area contributed by atoms with Crippen molar-refractivity contribution >= 4 is 17.2 Å². The third-order valence-corrected chi connectivity index (χ3v) is 5.44. The van der Waals surface area contributed by atoms with Crippen LogP contribution in [0.3, 0.4) is 0 Å². The second kappa shape index (κ2) is 8.53. The molecule has 0 saturated carbocycles. The van der Waals surface area contributed by atoms with Crippen molar-refractivity contribution in [3.63, 3.8) is 0 Å². The predicted molar refractivity (Wildman–Crippen MR) is 118 cm³/mol. The van der Waals surface area contributed by atoms with E-state index >= 15 is 0 Å². The first-order chi connectivity index (χ1) is 14.1. The molecule has 1 aromatic heterocycles. The summed E-state index contributed by atoms with van der Waals surface area (Å²) in [5.74, 6) is 0.0945. The number of aryl methyl sites for hydroxylation is 1. The van der Waals surface area contributed by atoms with Gasteiger partial charge in [0.1, 0.15) is 0 Å². The van der Waals surface area contributed by atoms with Crippen LogP contribution in [-0.4, -0.2) is 43.2 Å². The van der Waals surface area contributed by atoms with Crippen molar-refractivity contribution in [1.82, 2.24) is 4.57 Å². The highest BCUT2D eigenvalue weighted by atomic mass is 16.5. The number of hydrogen-bond acceptors (Lipinski definition) is 4. The summed E-state index contributed by atoms with van der Waals surface area (Å²) in [6, 6.07) is 20.3. The lowest BCUT2D eigenvalue weighted by atomic mass is 10.1. The van der Waals surface area contributed by atoms with Crippen LogP contribution in [0.4, 0.5) is 11.4 Å². The maximum atomic E-state index is 13.0. The predicted octanol–water partition coefficient (Wildman–Crippen LogP) is 4.23. The van der Waals surface area contributed by atoms with E-state index in [1.807, 2.05) is 56.3 Å². The normalized spacial score (nSPS) is 14.1. The van der Waals surface area contributed by atoms with Crippen LogP contribution in [0.5, 0.6) is 0 Å². The monoisotopic (exact) mass is 389 g/mol. The molecule has 0 aliphatic carbocycles. The van der Waals surface area contributed by atoms with E-state index < -0.39 is 0 Å². The topological polar surface area (TPSA) is 46.5 Å². The van der Waals surface area contributed by atoms with E-state index in [1.165, 1.54) is 0 Å². The number of ketones is 1. The first-order valence-electron chi connectivity index (χ1n) is 10.1. The minimum absolute atomic E-state index is 0.0945. The van der Waals surface area contributed by atoms with Gasteiger partial charge in [-0.3, -0.25) is 4.79 Å². The molecule has 0 radical (unpaired) electrons. The van der Waals surface area contributed by atoms with Crippen LogP contribution in [0, 0.1) is 13.8 Å². The van der Waals surface area contributed by atoms with Gasteiger partial charge in [-0.25, -0.2) is 0 Å². The number of benzene rings is 2. The first kappa shape index (κ1) is 19.3. The molecule has 1 aliphatic heterocycles. The SMILES string of the molecule is Cc1cc(C(=O)CNc2ccccc2N2CCOCC2)c(C)n1-c1ccccc1. The number of nitrogens with one attached hydrogen (secondary N) is 1. The Morgan fingerprint density at radius 2 is 1.69 bits per heavy atom. The Labute approximate surface area is 171 Å². The number of hydrogen-bond donors (Lipinski definition) is 1. The number of nitrogens with zero attached hydrogens (tertiary/aromatic N) is 2. The van der Waals surface area contributed by atoms with Crippen molar-refractivity contribution in [3.8, 4) is 5.69 Å². The quantitative estimate of drug-likeness (QED) is 0.641. The smallest absolute Gasteiger partial charge is 0.183 e. The average molecular weight is 389 g/mol. The number of morpholine rings is 1. The summed E-state index contributed by atoms with van der Waals surface area (Å²) >= 11 is 0. The van der Waals surface area contributed by atoms with E-state index in [0.29, 0.717) is 0 Å². The standard InChI is InChI=1S/C24H27N3O2/c1-18-16-21(19(2)27(18)20-8-4-3-5-9-20)24(28)17-25-22-10-6-7-11-23(22)26-12-14-29-15-13-26/h3-11,16,25H,12-15,17H2,1-2H3. The molecule has 0 unspecified atom stereocenters. The zero-order valence-corrected chi connectivity index (χ0v) is 17.0. The molecular formula is C24H27N3O2. The largest absolute Gasteiger partial charge is 0.378 e. The van der Waals surface area contributed by atoms with Crippen LogP contribution in [0.15, 0.2) is 60.7 Å². The van der Waals surface area contributed by atoms with E-state index in [-0.39, 0.29) is 12.3 Å². The lowest BCUT2D eigenvalue weighted by molar-refractivity contribution is 0.101. The Balaban J connectivity index is 1.52. The van der Waals surface area contributed by atoms with Crippen LogP contribution in [0.2, 0.25) is 0 Å². The molecule has 29 heavy (non-hydrogen) atoms. The Morgan fingerprint density at radius 3 is 2.45 bits per heavy atom. The molecule has 0 atom stereocenters. The molecular weight excluding hydrogens is 362 g/mol. The van der Waals surface area contributed by atoms with Crippen molar-refractivity contribution in [3.05, 3.63) is 77.6 Å². The highest BCUT2D eigenvalue weighted by molar-refractivity contribution is 6.00. The Bertz CT molecular complexity index is 989. The zero-order chi connectivity index (χ0) is 20.2. The molecule has 4 rings (SSSR count). The molecule has 1 aliphatic rings. The Hall–Kier alpha value is -3.05. The highest BCUT2D eigenvalue weighted by Gasteiger charge is 2.18. The van der Waals surface area contributed by atoms with Crippen molar-refractivity contribution < 1.29 is 9.53 Å². The average Bonchev–Trinajstić information content (AvgIpc) is 3.07. The molecule has 0 bridgehead atoms. The number of aromatic nitrogens is 1. The van der Waals surface area contributed by atoms with Gasteiger partial charge in [0, 0.05) is 35.7 Å². The molecule has 5 heteroatoms. The molecule has 3 aromatic rings. The summed E-state index contributed by atoms with van der Waals surface area (Å²) in [7, 11) is 0. The first-order valence-corrected chi connectivity index (χ1v) is 10.1. The van der Waals surface area contributed by atoms with E-state index in [4.69, 9.17) is 4.74 Å². The molecule has 1 saturated heterocycles. The summed E-state index contributed by atoms with van der Waals surface area (Å²) in [6.07, 6.45) is 0. The van der Waals surface area contributed by atoms with Gasteiger partial charge in [0.2, 0.25) is 0 Å². The molecule has 1 N–H and O–H groups in total. The molecule has 0 amide bonds. The van der Waals surface area contributed by atoms with Gasteiger partial charge in [-0.1, -0.05) is 30.3 Å². The Morgan fingerprint density at radius 1 is 1.00 bits per heavy atom. The lowest BCUT2D eigenvalue weighted by Crippen LogP contribution is -2.36. The molecule has 2 heterocycles. The minimum Gasteiger partial charge on any atom is -0.378 e. The number of para-hydroxylation sites is 3. The number of carbonyl (C=O) groups is 1. The maximum Gasteiger partial charge on any atom is 0.183 e. The fraction of sp³-hybridized carbons (Fsp3) is 0.292. The number of ether oxygens (including phenoxy) is 1. The van der Waals surface area contributed by atoms with Crippen LogP contribution < -0.4 is 10.2 Å². The lowest BCUT2D eigenvalue weighted by Gasteiger charge is -2.30. The van der Waals surface area contributed by atoms with Crippen LogP contribution >= 0.6 is 0 Å². The van der Waals surface area contributed by atoms with Gasteiger partial charge in [-0.05, 0) is 44.2 Å². The number of carbonyl (C=O) groups excluding carboxylic acids is 1. The fourth-order valence-electron chi connectivity index (χ4n) is 3.99. The van der Waals surface area contributed by atoms with E-state index in [1.54, 1.807) is 0 Å². The van der Waals surface area contributed by atoms with Crippen molar-refractivity contribution in [1.29, 1.82) is 0 Å². The molecule has 1 fully saturated rings. The van der Waals surface area contributed by atoms with Gasteiger partial charge < -0.3 is 19.5 Å². The maximum absolute atomic E-state index is 13.0. The second-order valence-corrected chi connectivity index (χ2v) is 7.35. The van der Waals surface area contributed by atoms with Crippen molar-refractivity contribution in [2.45, 2.75) is 13.8 Å². The van der Waals surface area contributed by atoms with Crippen LogP contribution in [-0.2, 0) is 4.74 Å². The number of rotatable bonds is 6. The molecule has 150 valence electrons. The third-order valence-electron chi connectivity index (χ3n) is 5.44. The van der Waals surface area contributed by atoms with Crippen LogP contribution in [0.25, 0.3) is 5.69 Å². The van der Waals surface area contributed by atoms with E-state index in [9.17, 15) is 4.79 Å². The molecule has 0 spiro atoms. The highest BCUT2D eigenvalue weighted by Crippen LogP contribution is 2.27. The summed E-state index contributed by atoms with van der Waals surface area (Å²) in [6.45, 7) is 7.51. The zero-order valence-electron chi connectivity index (χ0n) is 17.0. The van der Waals surface area contributed by atoms with Gasteiger partial charge in [0.25, 0.3) is 0 Å².